The first-order valence-corrected chi connectivity index (χ1v) is 8.36. The number of nitrogens with zero attached hydrogens (tertiary/aromatic N) is 1. The van der Waals surface area contributed by atoms with Gasteiger partial charge in [0.1, 0.15) is 5.75 Å². The fraction of sp³-hybridized carbons (Fsp3) is 0.556. The van der Waals surface area contributed by atoms with Crippen molar-refractivity contribution in [2.75, 3.05) is 19.7 Å². The van der Waals surface area contributed by atoms with Gasteiger partial charge < -0.3 is 14.7 Å². The Kier molecular flexibility index (Phi) is 3.32. The Hall–Kier alpha value is -2.04. The van der Waals surface area contributed by atoms with E-state index in [1.807, 2.05) is 18.2 Å². The van der Waals surface area contributed by atoms with Crippen LogP contribution in [0.1, 0.15) is 31.2 Å². The Bertz CT molecular complexity index is 658. The highest BCUT2D eigenvalue weighted by molar-refractivity contribution is 5.85. The molecule has 5 nitrogen and oxygen atoms in total. The molecule has 3 aliphatic rings. The van der Waals surface area contributed by atoms with Crippen molar-refractivity contribution in [1.29, 1.82) is 0 Å². The molecule has 1 aromatic carbocycles. The average Bonchev–Trinajstić information content (AvgIpc) is 3.29. The number of amides is 1. The van der Waals surface area contributed by atoms with Crippen molar-refractivity contribution in [2.45, 2.75) is 31.1 Å². The van der Waals surface area contributed by atoms with Crippen molar-refractivity contribution in [3.8, 4) is 5.75 Å². The number of fused-ring (bicyclic) bond motifs is 2. The Balaban J connectivity index is 1.53. The van der Waals surface area contributed by atoms with Gasteiger partial charge in [-0.2, -0.15) is 0 Å². The molecule has 2 heterocycles. The topological polar surface area (TPSA) is 66.8 Å². The first kappa shape index (κ1) is 14.5. The van der Waals surface area contributed by atoms with Crippen LogP contribution in [-0.2, 0) is 15.0 Å². The molecule has 122 valence electrons. The third kappa shape index (κ3) is 2.30. The largest absolute Gasteiger partial charge is 0.493 e. The van der Waals surface area contributed by atoms with Crippen LogP contribution >= 0.6 is 0 Å². The van der Waals surface area contributed by atoms with Crippen molar-refractivity contribution in [3.63, 3.8) is 0 Å². The van der Waals surface area contributed by atoms with Crippen molar-refractivity contribution in [1.82, 2.24) is 4.90 Å². The number of likely N-dealkylation sites (tertiary alicyclic amines) is 1. The molecule has 1 aliphatic carbocycles. The van der Waals surface area contributed by atoms with Crippen LogP contribution in [0.2, 0.25) is 0 Å². The molecule has 1 N–H and O–H groups in total. The second-order valence-corrected chi connectivity index (χ2v) is 6.97. The maximum absolute atomic E-state index is 12.9. The highest BCUT2D eigenvalue weighted by atomic mass is 16.5. The van der Waals surface area contributed by atoms with Gasteiger partial charge in [-0.15, -0.1) is 0 Å². The summed E-state index contributed by atoms with van der Waals surface area (Å²) in [4.78, 5) is 25.9. The molecule has 1 saturated heterocycles. The molecule has 1 spiro atoms. The minimum atomic E-state index is -0.788. The van der Waals surface area contributed by atoms with Crippen LogP contribution in [0.4, 0.5) is 0 Å². The lowest BCUT2D eigenvalue weighted by atomic mass is 9.87. The normalized spacial score (nSPS) is 32.1. The minimum absolute atomic E-state index is 0.0138. The van der Waals surface area contributed by atoms with Gasteiger partial charge in [0.05, 0.1) is 12.5 Å². The maximum Gasteiger partial charge on any atom is 0.308 e. The summed E-state index contributed by atoms with van der Waals surface area (Å²) >= 11 is 0. The molecule has 1 amide bonds. The average molecular weight is 315 g/mol. The van der Waals surface area contributed by atoms with E-state index >= 15 is 0 Å². The number of hydrogen-bond donors (Lipinski definition) is 1. The first-order chi connectivity index (χ1) is 11.1. The summed E-state index contributed by atoms with van der Waals surface area (Å²) in [5, 5.41) is 9.21. The van der Waals surface area contributed by atoms with Crippen molar-refractivity contribution < 1.29 is 19.4 Å². The molecule has 0 radical (unpaired) electrons. The third-order valence-electron chi connectivity index (χ3n) is 5.68. The summed E-state index contributed by atoms with van der Waals surface area (Å²) in [5.74, 6) is -0.183. The summed E-state index contributed by atoms with van der Waals surface area (Å²) in [7, 11) is 0. The molecule has 1 saturated carbocycles. The number of carboxylic acids is 1. The van der Waals surface area contributed by atoms with Gasteiger partial charge >= 0.3 is 5.97 Å². The van der Waals surface area contributed by atoms with Crippen LogP contribution in [-0.4, -0.2) is 41.6 Å². The van der Waals surface area contributed by atoms with Crippen LogP contribution < -0.4 is 4.74 Å². The maximum atomic E-state index is 12.9. The van der Waals surface area contributed by atoms with Crippen molar-refractivity contribution in [2.24, 2.45) is 11.8 Å². The summed E-state index contributed by atoms with van der Waals surface area (Å²) in [6.07, 6.45) is 3.19. The zero-order valence-electron chi connectivity index (χ0n) is 13.0. The fourth-order valence-corrected chi connectivity index (χ4v) is 4.28. The lowest BCUT2D eigenvalue weighted by Crippen LogP contribution is -2.44. The number of carbonyl (C=O) groups excluding carboxylic acids is 1. The quantitative estimate of drug-likeness (QED) is 0.907. The highest BCUT2D eigenvalue weighted by Gasteiger charge is 2.61. The third-order valence-corrected chi connectivity index (χ3v) is 5.68. The van der Waals surface area contributed by atoms with Gasteiger partial charge in [0.2, 0.25) is 5.91 Å². The molecule has 2 aliphatic heterocycles. The predicted octanol–water partition coefficient (Wildman–Crippen LogP) is 2.05. The van der Waals surface area contributed by atoms with E-state index in [1.165, 1.54) is 0 Å². The smallest absolute Gasteiger partial charge is 0.308 e. The van der Waals surface area contributed by atoms with Crippen LogP contribution in [0, 0.1) is 11.8 Å². The minimum Gasteiger partial charge on any atom is -0.493 e. The number of para-hydroxylation sites is 1. The van der Waals surface area contributed by atoms with Crippen molar-refractivity contribution >= 4 is 11.9 Å². The van der Waals surface area contributed by atoms with Crippen LogP contribution in [0.15, 0.2) is 24.3 Å². The molecule has 3 atom stereocenters. The van der Waals surface area contributed by atoms with E-state index in [-0.39, 0.29) is 17.2 Å². The van der Waals surface area contributed by atoms with Gasteiger partial charge in [-0.05, 0) is 31.7 Å². The van der Waals surface area contributed by atoms with Gasteiger partial charge in [-0.1, -0.05) is 18.2 Å². The fourth-order valence-electron chi connectivity index (χ4n) is 4.28. The second-order valence-electron chi connectivity index (χ2n) is 6.97. The zero-order valence-corrected chi connectivity index (χ0v) is 13.0. The molecule has 2 fully saturated rings. The molecule has 0 unspecified atom stereocenters. The molecule has 23 heavy (non-hydrogen) atoms. The summed E-state index contributed by atoms with van der Waals surface area (Å²) in [6.45, 7) is 1.70. The van der Waals surface area contributed by atoms with Gasteiger partial charge in [0.15, 0.2) is 0 Å². The Morgan fingerprint density at radius 2 is 2.13 bits per heavy atom. The first-order valence-electron chi connectivity index (χ1n) is 8.36. The SMILES string of the molecule is O=C(O)[C@H]1CCCN(C(=O)[C@@H]2C[C@]23CCOc2ccccc23)C1. The van der Waals surface area contributed by atoms with Crippen LogP contribution in [0.3, 0.4) is 0 Å². The van der Waals surface area contributed by atoms with Crippen LogP contribution in [0.25, 0.3) is 0 Å². The molecule has 4 rings (SSSR count). The molecular weight excluding hydrogens is 294 g/mol. The summed E-state index contributed by atoms with van der Waals surface area (Å²) < 4.78 is 5.72. The van der Waals surface area contributed by atoms with E-state index in [4.69, 9.17) is 4.74 Å². The number of benzene rings is 1. The molecule has 1 aromatic rings. The summed E-state index contributed by atoms with van der Waals surface area (Å²) in [5.41, 5.74) is 1.07. The van der Waals surface area contributed by atoms with E-state index in [0.717, 1.165) is 30.6 Å². The standard InChI is InChI=1S/C18H21NO4/c20-16(19-8-3-4-12(11-19)17(21)22)14-10-18(14)7-9-23-15-6-2-1-5-13(15)18/h1-2,5-6,12,14H,3-4,7-11H2,(H,21,22)/t12-,14-,18-/m0/s1. The molecule has 5 heteroatoms. The number of aliphatic carboxylic acids is 1. The molecule has 0 aromatic heterocycles. The lowest BCUT2D eigenvalue weighted by Gasteiger charge is -2.32. The van der Waals surface area contributed by atoms with Gasteiger partial charge in [-0.3, -0.25) is 9.59 Å². The van der Waals surface area contributed by atoms with E-state index in [2.05, 4.69) is 6.07 Å². The molecule has 0 bridgehead atoms. The number of piperidine rings is 1. The predicted molar refractivity (Wildman–Crippen MR) is 83.3 cm³/mol. The zero-order chi connectivity index (χ0) is 16.0. The highest BCUT2D eigenvalue weighted by Crippen LogP contribution is 2.61. The van der Waals surface area contributed by atoms with E-state index < -0.39 is 11.9 Å². The Morgan fingerprint density at radius 1 is 1.30 bits per heavy atom. The van der Waals surface area contributed by atoms with Gasteiger partial charge in [0.25, 0.3) is 0 Å². The lowest BCUT2D eigenvalue weighted by molar-refractivity contribution is -0.146. The number of ether oxygens (including phenoxy) is 1. The Labute approximate surface area is 135 Å². The molecular formula is C18H21NO4. The Morgan fingerprint density at radius 3 is 2.96 bits per heavy atom. The van der Waals surface area contributed by atoms with Gasteiger partial charge in [-0.25, -0.2) is 0 Å². The number of hydrogen-bond acceptors (Lipinski definition) is 3. The van der Waals surface area contributed by atoms with E-state index in [9.17, 15) is 14.7 Å². The van der Waals surface area contributed by atoms with Crippen LogP contribution in [0.5, 0.6) is 5.75 Å². The summed E-state index contributed by atoms with van der Waals surface area (Å²) in [6, 6.07) is 7.99. The monoisotopic (exact) mass is 315 g/mol. The number of carbonyl (C=O) groups is 2. The van der Waals surface area contributed by atoms with Gasteiger partial charge in [0, 0.05) is 30.0 Å². The number of rotatable bonds is 2. The van der Waals surface area contributed by atoms with Crippen molar-refractivity contribution in [3.05, 3.63) is 29.8 Å². The number of carboxylic acid groups (broad SMARTS) is 1. The second kappa shape index (κ2) is 5.25. The van der Waals surface area contributed by atoms with E-state index in [0.29, 0.717) is 26.1 Å². The van der Waals surface area contributed by atoms with E-state index in [1.54, 1.807) is 4.90 Å².